The van der Waals surface area contributed by atoms with Gasteiger partial charge in [0.25, 0.3) is 0 Å². The summed E-state index contributed by atoms with van der Waals surface area (Å²) in [6.45, 7) is 7.95. The van der Waals surface area contributed by atoms with Crippen LogP contribution in [0.25, 0.3) is 0 Å². The van der Waals surface area contributed by atoms with E-state index in [1.165, 1.54) is 6.20 Å². The third-order valence-corrected chi connectivity index (χ3v) is 2.20. The summed E-state index contributed by atoms with van der Waals surface area (Å²) in [7, 11) is 0. The van der Waals surface area contributed by atoms with Gasteiger partial charge in [0.1, 0.15) is 6.42 Å². The van der Waals surface area contributed by atoms with E-state index in [1.807, 2.05) is 20.8 Å². The van der Waals surface area contributed by atoms with Gasteiger partial charge in [-0.15, -0.1) is 0 Å². The summed E-state index contributed by atoms with van der Waals surface area (Å²) in [4.78, 5) is 22.9. The van der Waals surface area contributed by atoms with Crippen molar-refractivity contribution in [2.24, 2.45) is 0 Å². The zero-order chi connectivity index (χ0) is 13.1. The summed E-state index contributed by atoms with van der Waals surface area (Å²) in [5, 5.41) is 4.11. The molecule has 0 aromatic carbocycles. The van der Waals surface area contributed by atoms with Crippen LogP contribution in [-0.4, -0.2) is 28.1 Å². The van der Waals surface area contributed by atoms with Crippen LogP contribution in [-0.2, 0) is 15.1 Å². The van der Waals surface area contributed by atoms with E-state index in [0.29, 0.717) is 5.56 Å². The molecule has 0 N–H and O–H groups in total. The molecule has 1 aromatic heterocycles. The number of nitrogens with zero attached hydrogens (tertiary/aromatic N) is 2. The third-order valence-electron chi connectivity index (χ3n) is 2.20. The van der Waals surface area contributed by atoms with Gasteiger partial charge in [0, 0.05) is 6.20 Å². The molecule has 0 atom stereocenters. The second-order valence-corrected chi connectivity index (χ2v) is 4.75. The van der Waals surface area contributed by atoms with Crippen LogP contribution in [0.4, 0.5) is 0 Å². The van der Waals surface area contributed by atoms with E-state index in [1.54, 1.807) is 17.8 Å². The van der Waals surface area contributed by atoms with E-state index in [-0.39, 0.29) is 24.3 Å². The molecule has 0 aliphatic heterocycles. The maximum absolute atomic E-state index is 11.7. The number of ketones is 1. The van der Waals surface area contributed by atoms with Crippen LogP contribution >= 0.6 is 0 Å². The highest BCUT2D eigenvalue weighted by Crippen LogP contribution is 2.14. The quantitative estimate of drug-likeness (QED) is 0.455. The summed E-state index contributed by atoms with van der Waals surface area (Å²) in [6, 6.07) is 0. The lowest BCUT2D eigenvalue weighted by Crippen LogP contribution is -2.22. The second-order valence-electron chi connectivity index (χ2n) is 4.75. The van der Waals surface area contributed by atoms with E-state index in [0.717, 1.165) is 0 Å². The van der Waals surface area contributed by atoms with Gasteiger partial charge in [-0.25, -0.2) is 0 Å². The molecule has 0 aliphatic carbocycles. The van der Waals surface area contributed by atoms with Crippen molar-refractivity contribution in [3.05, 3.63) is 18.0 Å². The number of rotatable bonds is 4. The second kappa shape index (κ2) is 5.12. The first kappa shape index (κ1) is 13.4. The van der Waals surface area contributed by atoms with E-state index < -0.39 is 5.97 Å². The maximum atomic E-state index is 11.7. The van der Waals surface area contributed by atoms with Crippen LogP contribution in [0.15, 0.2) is 12.4 Å². The number of carbonyl (C=O) groups excluding carboxylic acids is 2. The minimum Gasteiger partial charge on any atom is -0.466 e. The van der Waals surface area contributed by atoms with Gasteiger partial charge in [-0.1, -0.05) is 0 Å². The van der Waals surface area contributed by atoms with Gasteiger partial charge in [-0.3, -0.25) is 14.3 Å². The van der Waals surface area contributed by atoms with Crippen LogP contribution in [0.3, 0.4) is 0 Å². The van der Waals surface area contributed by atoms with Crippen LogP contribution in [0.5, 0.6) is 0 Å². The highest BCUT2D eigenvalue weighted by molar-refractivity contribution is 6.05. The summed E-state index contributed by atoms with van der Waals surface area (Å²) in [5.74, 6) is -0.764. The molecule has 1 heterocycles. The fraction of sp³-hybridized carbons (Fsp3) is 0.583. The average molecular weight is 238 g/mol. The number of hydrogen-bond acceptors (Lipinski definition) is 4. The highest BCUT2D eigenvalue weighted by Gasteiger charge is 2.18. The van der Waals surface area contributed by atoms with Crippen molar-refractivity contribution in [1.29, 1.82) is 0 Å². The monoisotopic (exact) mass is 238 g/mol. The molecular formula is C12H18N2O3. The molecule has 0 amide bonds. The van der Waals surface area contributed by atoms with Crippen molar-refractivity contribution in [2.45, 2.75) is 39.7 Å². The fourth-order valence-electron chi connectivity index (χ4n) is 1.28. The van der Waals surface area contributed by atoms with E-state index >= 15 is 0 Å². The molecule has 1 aromatic rings. The molecule has 0 saturated heterocycles. The van der Waals surface area contributed by atoms with Gasteiger partial charge in [0.2, 0.25) is 0 Å². The molecule has 0 spiro atoms. The summed E-state index contributed by atoms with van der Waals surface area (Å²) in [5.41, 5.74) is 0.260. The minimum atomic E-state index is -0.499. The lowest BCUT2D eigenvalue weighted by atomic mass is 10.1. The Balaban J connectivity index is 2.71. The summed E-state index contributed by atoms with van der Waals surface area (Å²) < 4.78 is 6.42. The van der Waals surface area contributed by atoms with E-state index in [2.05, 4.69) is 5.10 Å². The van der Waals surface area contributed by atoms with Crippen molar-refractivity contribution >= 4 is 11.8 Å². The summed E-state index contributed by atoms with van der Waals surface area (Å²) >= 11 is 0. The molecule has 0 radical (unpaired) electrons. The molecule has 0 bridgehead atoms. The van der Waals surface area contributed by atoms with E-state index in [9.17, 15) is 9.59 Å². The normalized spacial score (nSPS) is 11.3. The van der Waals surface area contributed by atoms with E-state index in [4.69, 9.17) is 4.74 Å². The Hall–Kier alpha value is -1.65. The molecule has 0 unspecified atom stereocenters. The third kappa shape index (κ3) is 3.69. The van der Waals surface area contributed by atoms with Crippen molar-refractivity contribution in [2.75, 3.05) is 6.61 Å². The zero-order valence-electron chi connectivity index (χ0n) is 10.7. The van der Waals surface area contributed by atoms with Gasteiger partial charge in [-0.2, -0.15) is 5.10 Å². The average Bonchev–Trinajstić information content (AvgIpc) is 2.65. The topological polar surface area (TPSA) is 61.2 Å². The van der Waals surface area contributed by atoms with Crippen LogP contribution in [0, 0.1) is 0 Å². The molecule has 94 valence electrons. The van der Waals surface area contributed by atoms with Gasteiger partial charge < -0.3 is 4.74 Å². The first-order valence-electron chi connectivity index (χ1n) is 5.58. The Bertz CT molecular complexity index is 416. The number of esters is 1. The molecule has 0 fully saturated rings. The standard InChI is InChI=1S/C12H18N2O3/c1-5-17-11(16)6-10(15)9-7-13-14(8-9)12(2,3)4/h7-8H,5-6H2,1-4H3. The molecule has 0 saturated carbocycles. The first-order valence-corrected chi connectivity index (χ1v) is 5.58. The zero-order valence-corrected chi connectivity index (χ0v) is 10.7. The number of ether oxygens (including phenoxy) is 1. The molecule has 5 nitrogen and oxygen atoms in total. The number of hydrogen-bond donors (Lipinski definition) is 0. The Morgan fingerprint density at radius 1 is 1.41 bits per heavy atom. The van der Waals surface area contributed by atoms with Crippen molar-refractivity contribution in [3.63, 3.8) is 0 Å². The van der Waals surface area contributed by atoms with Crippen LogP contribution in [0.2, 0.25) is 0 Å². The lowest BCUT2D eigenvalue weighted by molar-refractivity contribution is -0.141. The Morgan fingerprint density at radius 3 is 2.53 bits per heavy atom. The van der Waals surface area contributed by atoms with Gasteiger partial charge in [0.15, 0.2) is 5.78 Å². The Morgan fingerprint density at radius 2 is 2.06 bits per heavy atom. The smallest absolute Gasteiger partial charge is 0.313 e. The lowest BCUT2D eigenvalue weighted by Gasteiger charge is -2.18. The largest absolute Gasteiger partial charge is 0.466 e. The molecule has 0 aliphatic rings. The molecule has 1 rings (SSSR count). The minimum absolute atomic E-state index is 0.178. The van der Waals surface area contributed by atoms with Gasteiger partial charge in [0.05, 0.1) is 23.9 Å². The van der Waals surface area contributed by atoms with Crippen molar-refractivity contribution in [1.82, 2.24) is 9.78 Å². The predicted molar refractivity (Wildman–Crippen MR) is 62.8 cm³/mol. The summed E-state index contributed by atoms with van der Waals surface area (Å²) in [6.07, 6.45) is 2.90. The molecule has 17 heavy (non-hydrogen) atoms. The Kier molecular flexibility index (Phi) is 4.04. The fourth-order valence-corrected chi connectivity index (χ4v) is 1.28. The highest BCUT2D eigenvalue weighted by atomic mass is 16.5. The SMILES string of the molecule is CCOC(=O)CC(=O)c1cnn(C(C)(C)C)c1. The number of Topliss-reactive ketones (excluding diaryl/α,β-unsaturated/α-hetero) is 1. The predicted octanol–water partition coefficient (Wildman–Crippen LogP) is 1.77. The van der Waals surface area contributed by atoms with Gasteiger partial charge >= 0.3 is 5.97 Å². The van der Waals surface area contributed by atoms with Crippen LogP contribution in [0.1, 0.15) is 44.5 Å². The number of aromatic nitrogens is 2. The first-order chi connectivity index (χ1) is 7.84. The number of carbonyl (C=O) groups is 2. The van der Waals surface area contributed by atoms with Crippen molar-refractivity contribution < 1.29 is 14.3 Å². The van der Waals surface area contributed by atoms with Gasteiger partial charge in [-0.05, 0) is 27.7 Å². The maximum Gasteiger partial charge on any atom is 0.313 e. The molecular weight excluding hydrogens is 220 g/mol. The van der Waals surface area contributed by atoms with Crippen molar-refractivity contribution in [3.8, 4) is 0 Å². The molecule has 5 heteroatoms. The Labute approximate surface area is 101 Å². The van der Waals surface area contributed by atoms with Crippen LogP contribution < -0.4 is 0 Å².